The van der Waals surface area contributed by atoms with Gasteiger partial charge in [0, 0.05) is 49.0 Å². The van der Waals surface area contributed by atoms with Gasteiger partial charge < -0.3 is 29.4 Å². The number of rotatable bonds is 6. The molecule has 3 amide bonds. The second-order valence-electron chi connectivity index (χ2n) is 13.7. The third kappa shape index (κ3) is 8.95. The van der Waals surface area contributed by atoms with Crippen LogP contribution in [-0.2, 0) is 9.47 Å². The second-order valence-corrected chi connectivity index (χ2v) is 13.7. The lowest BCUT2D eigenvalue weighted by Gasteiger charge is -2.40. The van der Waals surface area contributed by atoms with Crippen molar-refractivity contribution in [2.75, 3.05) is 28.6 Å². The Morgan fingerprint density at radius 2 is 1.56 bits per heavy atom. The SMILES string of the molecule is CC(C)(C)OC(=O)Nc1oc2cc(-c3cncnc3)cnc2c1C(=O)Nc1cnccc1N1C[C@@H](NC(=O)OC(C)(C)C)C[C@@H](C(F)(F)F)C1. The van der Waals surface area contributed by atoms with Gasteiger partial charge in [0.25, 0.3) is 5.91 Å². The quantitative estimate of drug-likeness (QED) is 0.199. The molecular weight excluding hydrogens is 661 g/mol. The topological polar surface area (TPSA) is 174 Å². The third-order valence-corrected chi connectivity index (χ3v) is 7.29. The maximum absolute atomic E-state index is 14.1. The Morgan fingerprint density at radius 3 is 2.22 bits per heavy atom. The van der Waals surface area contributed by atoms with Crippen LogP contribution < -0.4 is 20.9 Å². The highest BCUT2D eigenvalue weighted by Crippen LogP contribution is 2.38. The summed E-state index contributed by atoms with van der Waals surface area (Å²) in [4.78, 5) is 57.2. The van der Waals surface area contributed by atoms with Gasteiger partial charge in [-0.15, -0.1) is 0 Å². The zero-order chi connectivity index (χ0) is 36.4. The van der Waals surface area contributed by atoms with Crippen molar-refractivity contribution in [3.05, 3.63) is 55.0 Å². The molecule has 50 heavy (non-hydrogen) atoms. The lowest BCUT2D eigenvalue weighted by molar-refractivity contribution is -0.177. The van der Waals surface area contributed by atoms with Crippen LogP contribution in [0, 0.1) is 5.92 Å². The fourth-order valence-corrected chi connectivity index (χ4v) is 5.34. The van der Waals surface area contributed by atoms with Crippen LogP contribution in [0.3, 0.4) is 0 Å². The maximum atomic E-state index is 14.1. The van der Waals surface area contributed by atoms with Crippen molar-refractivity contribution >= 4 is 46.5 Å². The molecule has 3 N–H and O–H groups in total. The molecule has 5 rings (SSSR count). The number of alkyl halides is 3. The number of anilines is 3. The second kappa shape index (κ2) is 13.8. The lowest BCUT2D eigenvalue weighted by atomic mass is 9.93. The van der Waals surface area contributed by atoms with Crippen molar-refractivity contribution in [2.24, 2.45) is 5.92 Å². The highest BCUT2D eigenvalue weighted by atomic mass is 19.4. The van der Waals surface area contributed by atoms with Crippen molar-refractivity contribution in [1.29, 1.82) is 0 Å². The molecule has 0 radical (unpaired) electrons. The summed E-state index contributed by atoms with van der Waals surface area (Å²) in [5.41, 5.74) is -0.233. The number of halogens is 3. The Morgan fingerprint density at radius 1 is 0.880 bits per heavy atom. The number of fused-ring (bicyclic) bond motifs is 1. The summed E-state index contributed by atoms with van der Waals surface area (Å²) < 4.78 is 58.9. The molecule has 14 nitrogen and oxygen atoms in total. The van der Waals surface area contributed by atoms with Crippen molar-refractivity contribution in [1.82, 2.24) is 25.3 Å². The number of furan rings is 1. The van der Waals surface area contributed by atoms with Gasteiger partial charge in [0.2, 0.25) is 5.88 Å². The monoisotopic (exact) mass is 698 g/mol. The summed E-state index contributed by atoms with van der Waals surface area (Å²) >= 11 is 0. The molecule has 5 heterocycles. The number of carbonyl (C=O) groups excluding carboxylic acids is 3. The number of pyridine rings is 2. The van der Waals surface area contributed by atoms with Crippen molar-refractivity contribution in [3.63, 3.8) is 0 Å². The number of hydrogen-bond donors (Lipinski definition) is 3. The highest BCUT2D eigenvalue weighted by molar-refractivity contribution is 6.17. The molecule has 0 unspecified atom stereocenters. The van der Waals surface area contributed by atoms with Gasteiger partial charge in [0.1, 0.15) is 28.6 Å². The molecule has 4 aromatic heterocycles. The van der Waals surface area contributed by atoms with Gasteiger partial charge in [0.05, 0.1) is 29.5 Å². The Hall–Kier alpha value is -5.48. The first-order valence-corrected chi connectivity index (χ1v) is 15.6. The van der Waals surface area contributed by atoms with Crippen LogP contribution in [0.25, 0.3) is 22.2 Å². The minimum Gasteiger partial charge on any atom is -0.444 e. The minimum atomic E-state index is -4.57. The van der Waals surface area contributed by atoms with Crippen LogP contribution in [0.1, 0.15) is 58.3 Å². The Bertz CT molecular complexity index is 1870. The van der Waals surface area contributed by atoms with Gasteiger partial charge in [-0.3, -0.25) is 20.1 Å². The molecule has 1 saturated heterocycles. The number of ether oxygens (including phenoxy) is 2. The zero-order valence-electron chi connectivity index (χ0n) is 28.2. The molecule has 4 aromatic rings. The summed E-state index contributed by atoms with van der Waals surface area (Å²) in [7, 11) is 0. The number of hydrogen-bond acceptors (Lipinski definition) is 11. The van der Waals surface area contributed by atoms with Gasteiger partial charge in [-0.1, -0.05) is 0 Å². The first-order valence-electron chi connectivity index (χ1n) is 15.6. The van der Waals surface area contributed by atoms with Crippen LogP contribution in [0.15, 0.2) is 53.9 Å². The van der Waals surface area contributed by atoms with E-state index in [4.69, 9.17) is 13.9 Å². The summed E-state index contributed by atoms with van der Waals surface area (Å²) in [6.07, 6.45) is 1.94. The summed E-state index contributed by atoms with van der Waals surface area (Å²) in [5.74, 6) is -2.88. The van der Waals surface area contributed by atoms with E-state index in [9.17, 15) is 27.6 Å². The number of nitrogens with one attached hydrogen (secondary N) is 3. The molecule has 266 valence electrons. The molecule has 0 aliphatic carbocycles. The van der Waals surface area contributed by atoms with E-state index in [1.54, 1.807) is 60.0 Å². The van der Waals surface area contributed by atoms with Crippen LogP contribution >= 0.6 is 0 Å². The normalized spacial score (nSPS) is 16.9. The van der Waals surface area contributed by atoms with Crippen molar-refractivity contribution in [2.45, 2.75) is 71.4 Å². The largest absolute Gasteiger partial charge is 0.444 e. The van der Waals surface area contributed by atoms with E-state index in [-0.39, 0.29) is 46.9 Å². The molecule has 0 aromatic carbocycles. The number of amides is 3. The molecule has 0 bridgehead atoms. The lowest BCUT2D eigenvalue weighted by Crippen LogP contribution is -2.54. The average Bonchev–Trinajstić information content (AvgIpc) is 3.36. The van der Waals surface area contributed by atoms with E-state index in [0.29, 0.717) is 11.1 Å². The van der Waals surface area contributed by atoms with E-state index in [2.05, 4.69) is 35.9 Å². The standard InChI is InChI=1S/C33H37F3N8O6/c1-31(2,3)49-29(46)41-21-10-20(33(34,35)36)15-44(16-21)23-7-8-37-14-22(23)42-27(45)25-26-24(48-28(25)43-30(47)50-32(4,5)6)9-18(13-40-26)19-11-38-17-39-12-19/h7-9,11-14,17,20-21H,10,15-16H2,1-6H3,(H,41,46)(H,42,45)(H,43,47)/t20-,21+/m1/s1. The van der Waals surface area contributed by atoms with Crippen LogP contribution in [0.5, 0.6) is 0 Å². The third-order valence-electron chi connectivity index (χ3n) is 7.29. The van der Waals surface area contributed by atoms with E-state index in [0.717, 1.165) is 0 Å². The van der Waals surface area contributed by atoms with Crippen LogP contribution in [0.4, 0.5) is 40.0 Å². The predicted molar refractivity (Wildman–Crippen MR) is 177 cm³/mol. The highest BCUT2D eigenvalue weighted by Gasteiger charge is 2.45. The fourth-order valence-electron chi connectivity index (χ4n) is 5.34. The van der Waals surface area contributed by atoms with Gasteiger partial charge in [-0.05, 0) is 60.1 Å². The number of piperidine rings is 1. The van der Waals surface area contributed by atoms with Crippen molar-refractivity contribution in [3.8, 4) is 11.1 Å². The fraction of sp³-hybridized carbons (Fsp3) is 0.424. The van der Waals surface area contributed by atoms with E-state index < -0.39 is 54.0 Å². The van der Waals surface area contributed by atoms with Gasteiger partial charge in [-0.2, -0.15) is 13.2 Å². The Balaban J connectivity index is 1.48. The number of aromatic nitrogens is 4. The molecule has 17 heteroatoms. The molecule has 1 aliphatic heterocycles. The summed E-state index contributed by atoms with van der Waals surface area (Å²) in [6, 6.07) is 2.12. The van der Waals surface area contributed by atoms with Crippen LogP contribution in [0.2, 0.25) is 0 Å². The molecule has 1 aliphatic rings. The first-order chi connectivity index (χ1) is 23.4. The Kier molecular flexibility index (Phi) is 9.88. The summed E-state index contributed by atoms with van der Waals surface area (Å²) in [6.45, 7) is 9.46. The van der Waals surface area contributed by atoms with Crippen molar-refractivity contribution < 1.29 is 41.4 Å². The maximum Gasteiger partial charge on any atom is 0.414 e. The summed E-state index contributed by atoms with van der Waals surface area (Å²) in [5, 5.41) is 7.72. The molecule has 0 saturated carbocycles. The molecular formula is C33H37F3N8O6. The number of alkyl carbamates (subject to hydrolysis) is 1. The average molecular weight is 699 g/mol. The van der Waals surface area contributed by atoms with E-state index >= 15 is 0 Å². The molecule has 0 spiro atoms. The first kappa shape index (κ1) is 35.8. The van der Waals surface area contributed by atoms with Gasteiger partial charge in [-0.25, -0.2) is 19.6 Å². The number of nitrogens with zero attached hydrogens (tertiary/aromatic N) is 5. The molecule has 1 fully saturated rings. The molecule has 2 atom stereocenters. The predicted octanol–water partition coefficient (Wildman–Crippen LogP) is 6.56. The smallest absolute Gasteiger partial charge is 0.414 e. The van der Waals surface area contributed by atoms with E-state index in [1.165, 1.54) is 35.9 Å². The minimum absolute atomic E-state index is 0.0215. The Labute approximate surface area is 285 Å². The van der Waals surface area contributed by atoms with Gasteiger partial charge >= 0.3 is 18.4 Å². The number of carbonyl (C=O) groups is 3. The van der Waals surface area contributed by atoms with Gasteiger partial charge in [0.15, 0.2) is 5.58 Å². The van der Waals surface area contributed by atoms with Crippen LogP contribution in [-0.4, -0.2) is 74.5 Å². The zero-order valence-corrected chi connectivity index (χ0v) is 28.2. The van der Waals surface area contributed by atoms with E-state index in [1.807, 2.05) is 0 Å².